The van der Waals surface area contributed by atoms with Crippen molar-refractivity contribution in [2.45, 2.75) is 6.92 Å². The fourth-order valence-electron chi connectivity index (χ4n) is 2.20. The fourth-order valence-corrected chi connectivity index (χ4v) is 2.20. The highest BCUT2D eigenvalue weighted by molar-refractivity contribution is 5.94. The lowest BCUT2D eigenvalue weighted by Gasteiger charge is -2.22. The lowest BCUT2D eigenvalue weighted by Crippen LogP contribution is -2.40. The molecule has 0 aliphatic carbocycles. The zero-order valence-electron chi connectivity index (χ0n) is 15.7. The second kappa shape index (κ2) is 9.73. The van der Waals surface area contributed by atoms with Gasteiger partial charge in [-0.05, 0) is 14.1 Å². The fraction of sp³-hybridized carbons (Fsp3) is 0.529. The first kappa shape index (κ1) is 20.6. The summed E-state index contributed by atoms with van der Waals surface area (Å²) in [7, 11) is 8.33. The predicted octanol–water partition coefficient (Wildman–Crippen LogP) is 1.06. The molecule has 8 heteroatoms. The van der Waals surface area contributed by atoms with Gasteiger partial charge in [-0.1, -0.05) is 0 Å². The molecule has 1 rings (SSSR count). The van der Waals surface area contributed by atoms with Crippen LogP contribution in [-0.2, 0) is 9.59 Å². The molecule has 140 valence electrons. The Bertz CT molecular complexity index is 579. The smallest absolute Gasteiger partial charge is 0.244 e. The van der Waals surface area contributed by atoms with Crippen molar-refractivity contribution in [1.29, 1.82) is 0 Å². The van der Waals surface area contributed by atoms with Crippen LogP contribution in [0.3, 0.4) is 0 Å². The topological polar surface area (TPSA) is 80.3 Å². The number of hydrogen-bond acceptors (Lipinski definition) is 6. The highest BCUT2D eigenvalue weighted by Gasteiger charge is 2.17. The summed E-state index contributed by atoms with van der Waals surface area (Å²) in [5, 5.41) is 2.75. The average Bonchev–Trinajstić information content (AvgIpc) is 2.56. The van der Waals surface area contributed by atoms with Crippen molar-refractivity contribution >= 4 is 17.5 Å². The van der Waals surface area contributed by atoms with Crippen LogP contribution in [-0.4, -0.2) is 76.7 Å². The molecule has 0 bridgehead atoms. The Morgan fingerprint density at radius 3 is 1.96 bits per heavy atom. The Labute approximate surface area is 148 Å². The van der Waals surface area contributed by atoms with Crippen LogP contribution in [0.5, 0.6) is 17.2 Å². The van der Waals surface area contributed by atoms with Gasteiger partial charge in [-0.25, -0.2) is 0 Å². The molecule has 8 nitrogen and oxygen atoms in total. The van der Waals surface area contributed by atoms with E-state index in [2.05, 4.69) is 5.32 Å². The summed E-state index contributed by atoms with van der Waals surface area (Å²) in [5.41, 5.74) is 0.496. The van der Waals surface area contributed by atoms with Crippen LogP contribution in [0, 0.1) is 0 Å². The molecule has 0 aliphatic heterocycles. The first-order valence-electron chi connectivity index (χ1n) is 7.82. The molecule has 0 saturated carbocycles. The maximum atomic E-state index is 12.3. The summed E-state index contributed by atoms with van der Waals surface area (Å²) in [6, 6.07) is 3.27. The molecule has 0 atom stereocenters. The molecule has 1 aromatic rings. The van der Waals surface area contributed by atoms with E-state index >= 15 is 0 Å². The van der Waals surface area contributed by atoms with Gasteiger partial charge in [-0.3, -0.25) is 9.59 Å². The van der Waals surface area contributed by atoms with Crippen LogP contribution < -0.4 is 19.5 Å². The van der Waals surface area contributed by atoms with Crippen molar-refractivity contribution < 1.29 is 23.8 Å². The van der Waals surface area contributed by atoms with Crippen LogP contribution in [0.2, 0.25) is 0 Å². The third kappa shape index (κ3) is 6.15. The highest BCUT2D eigenvalue weighted by Crippen LogP contribution is 2.39. The largest absolute Gasteiger partial charge is 0.493 e. The van der Waals surface area contributed by atoms with Crippen LogP contribution in [0.25, 0.3) is 0 Å². The Balaban J connectivity index is 2.86. The maximum Gasteiger partial charge on any atom is 0.244 e. The van der Waals surface area contributed by atoms with E-state index in [0.717, 1.165) is 0 Å². The summed E-state index contributed by atoms with van der Waals surface area (Å²) >= 11 is 0. The molecule has 0 heterocycles. The number of likely N-dealkylation sites (N-methyl/N-ethyl adjacent to an activating group) is 1. The van der Waals surface area contributed by atoms with Crippen molar-refractivity contribution in [2.75, 3.05) is 60.4 Å². The molecular weight excluding hydrogens is 326 g/mol. The summed E-state index contributed by atoms with van der Waals surface area (Å²) in [6.07, 6.45) is 0. The van der Waals surface area contributed by atoms with E-state index in [1.54, 1.807) is 12.1 Å². The first-order chi connectivity index (χ1) is 11.8. The van der Waals surface area contributed by atoms with Gasteiger partial charge in [-0.2, -0.15) is 0 Å². The highest BCUT2D eigenvalue weighted by atomic mass is 16.5. The minimum absolute atomic E-state index is 0.0279. The normalized spacial score (nSPS) is 10.4. The minimum atomic E-state index is -0.303. The van der Waals surface area contributed by atoms with E-state index in [0.29, 0.717) is 36.0 Å². The molecule has 0 radical (unpaired) electrons. The molecule has 25 heavy (non-hydrogen) atoms. The number of carbonyl (C=O) groups is 2. The number of carbonyl (C=O) groups excluding carboxylic acids is 2. The molecule has 2 amide bonds. The third-order valence-electron chi connectivity index (χ3n) is 3.55. The number of nitrogens with zero attached hydrogens (tertiary/aromatic N) is 2. The lowest BCUT2D eigenvalue weighted by atomic mass is 10.2. The number of methoxy groups -OCH3 is 3. The molecule has 0 aromatic heterocycles. The summed E-state index contributed by atoms with van der Waals surface area (Å²) in [5.74, 6) is 0.867. The van der Waals surface area contributed by atoms with Crippen LogP contribution in [0.15, 0.2) is 12.1 Å². The molecule has 0 unspecified atom stereocenters. The van der Waals surface area contributed by atoms with E-state index in [1.165, 1.54) is 33.2 Å². The number of hydrogen-bond donors (Lipinski definition) is 1. The molecule has 1 aromatic carbocycles. The first-order valence-corrected chi connectivity index (χ1v) is 7.82. The molecule has 0 aliphatic rings. The van der Waals surface area contributed by atoms with Gasteiger partial charge >= 0.3 is 0 Å². The second-order valence-electron chi connectivity index (χ2n) is 5.71. The summed E-state index contributed by atoms with van der Waals surface area (Å²) < 4.78 is 15.8. The lowest BCUT2D eigenvalue weighted by molar-refractivity contribution is -0.132. The van der Waals surface area contributed by atoms with Gasteiger partial charge in [0.25, 0.3) is 0 Å². The maximum absolute atomic E-state index is 12.3. The van der Waals surface area contributed by atoms with E-state index in [4.69, 9.17) is 14.2 Å². The van der Waals surface area contributed by atoms with Crippen molar-refractivity contribution in [2.24, 2.45) is 0 Å². The van der Waals surface area contributed by atoms with Gasteiger partial charge in [0.05, 0.1) is 27.9 Å². The van der Waals surface area contributed by atoms with Gasteiger partial charge < -0.3 is 29.3 Å². The van der Waals surface area contributed by atoms with Crippen molar-refractivity contribution in [3.8, 4) is 17.2 Å². The molecule has 1 N–H and O–H groups in total. The minimum Gasteiger partial charge on any atom is -0.493 e. The van der Waals surface area contributed by atoms with Crippen LogP contribution in [0.4, 0.5) is 5.69 Å². The number of rotatable bonds is 9. The van der Waals surface area contributed by atoms with Crippen molar-refractivity contribution in [3.63, 3.8) is 0 Å². The van der Waals surface area contributed by atoms with Crippen LogP contribution in [0.1, 0.15) is 6.92 Å². The summed E-state index contributed by atoms with van der Waals surface area (Å²) in [6.45, 7) is 2.57. The molecule has 0 fully saturated rings. The Hall–Kier alpha value is -2.48. The third-order valence-corrected chi connectivity index (χ3v) is 3.55. The quantitative estimate of drug-likeness (QED) is 0.715. The van der Waals surface area contributed by atoms with Gasteiger partial charge in [0.15, 0.2) is 11.5 Å². The SMILES string of the molecule is COc1cc(NC(=O)CN(CCN(C)C)C(C)=O)cc(OC)c1OC. The van der Waals surface area contributed by atoms with Gasteiger partial charge in [-0.15, -0.1) is 0 Å². The predicted molar refractivity (Wildman–Crippen MR) is 95.5 cm³/mol. The van der Waals surface area contributed by atoms with Gasteiger partial charge in [0, 0.05) is 37.8 Å². The molecule has 0 saturated heterocycles. The number of anilines is 1. The molecular formula is C17H27N3O5. The average molecular weight is 353 g/mol. The Morgan fingerprint density at radius 1 is 1.00 bits per heavy atom. The number of nitrogens with one attached hydrogen (secondary N) is 1. The van der Waals surface area contributed by atoms with Crippen molar-refractivity contribution in [3.05, 3.63) is 12.1 Å². The monoisotopic (exact) mass is 353 g/mol. The Morgan fingerprint density at radius 2 is 1.56 bits per heavy atom. The number of amides is 2. The van der Waals surface area contributed by atoms with E-state index in [1.807, 2.05) is 19.0 Å². The number of ether oxygens (including phenoxy) is 3. The summed E-state index contributed by atoms with van der Waals surface area (Å²) in [4.78, 5) is 27.4. The van der Waals surface area contributed by atoms with Gasteiger partial charge in [0.1, 0.15) is 0 Å². The Kier molecular flexibility index (Phi) is 8.00. The second-order valence-corrected chi connectivity index (χ2v) is 5.71. The molecule has 0 spiro atoms. The number of benzene rings is 1. The van der Waals surface area contributed by atoms with E-state index < -0.39 is 0 Å². The van der Waals surface area contributed by atoms with Gasteiger partial charge in [0.2, 0.25) is 17.6 Å². The van der Waals surface area contributed by atoms with E-state index in [-0.39, 0.29) is 18.4 Å². The van der Waals surface area contributed by atoms with E-state index in [9.17, 15) is 9.59 Å². The zero-order valence-corrected chi connectivity index (χ0v) is 15.7. The van der Waals surface area contributed by atoms with Crippen molar-refractivity contribution in [1.82, 2.24) is 9.80 Å². The standard InChI is InChI=1S/C17H27N3O5/c1-12(21)20(8-7-19(2)3)11-16(22)18-13-9-14(23-4)17(25-6)15(10-13)24-5/h9-10H,7-8,11H2,1-6H3,(H,18,22). The zero-order chi connectivity index (χ0) is 19.0. The van der Waals surface area contributed by atoms with Crippen LogP contribution >= 0.6 is 0 Å².